The molecule has 0 radical (unpaired) electrons. The van der Waals surface area contributed by atoms with Gasteiger partial charge >= 0.3 is 0 Å². The number of nitrogens with one attached hydrogen (secondary N) is 2. The van der Waals surface area contributed by atoms with Crippen LogP contribution in [0, 0.1) is 0 Å². The second kappa shape index (κ2) is 8.68. The van der Waals surface area contributed by atoms with Crippen molar-refractivity contribution in [2.24, 2.45) is 10.7 Å². The van der Waals surface area contributed by atoms with E-state index in [0.29, 0.717) is 25.5 Å². The number of rotatable bonds is 6. The van der Waals surface area contributed by atoms with E-state index in [1.54, 1.807) is 0 Å². The number of hydrogen-bond donors (Lipinski definition) is 3. The molecule has 0 unspecified atom stereocenters. The molecule has 2 rings (SSSR count). The highest BCUT2D eigenvalue weighted by Crippen LogP contribution is 2.24. The molecule has 0 saturated heterocycles. The van der Waals surface area contributed by atoms with Crippen LogP contribution in [0.2, 0.25) is 0 Å². The number of aliphatic imine (C=N–C) groups is 1. The largest absolute Gasteiger partial charge is 0.370 e. The van der Waals surface area contributed by atoms with Crippen molar-refractivity contribution in [2.75, 3.05) is 24.7 Å². The number of nitrogens with two attached hydrogens (primary N) is 1. The first-order valence-electron chi connectivity index (χ1n) is 7.07. The van der Waals surface area contributed by atoms with Gasteiger partial charge in [0.25, 0.3) is 0 Å². The van der Waals surface area contributed by atoms with E-state index in [1.165, 1.54) is 17.5 Å². The summed E-state index contributed by atoms with van der Waals surface area (Å²) < 4.78 is 24.2. The molecular weight excluding hydrogens is 415 g/mol. The monoisotopic (exact) mass is 438 g/mol. The minimum absolute atomic E-state index is 0. The minimum atomic E-state index is -3.12. The molecule has 1 aliphatic carbocycles. The molecule has 4 N–H and O–H groups in total. The van der Waals surface area contributed by atoms with Crippen LogP contribution in [0.5, 0.6) is 0 Å². The first-order chi connectivity index (χ1) is 9.94. The van der Waals surface area contributed by atoms with Gasteiger partial charge in [-0.25, -0.2) is 13.1 Å². The smallest absolute Gasteiger partial charge is 0.208 e. The summed E-state index contributed by atoms with van der Waals surface area (Å²) in [5, 5.41) is 3.07. The number of fused-ring (bicyclic) bond motifs is 1. The molecule has 0 spiro atoms. The fraction of sp³-hybridized carbons (Fsp3) is 0.500. The second-order valence-electron chi connectivity index (χ2n) is 5.25. The van der Waals surface area contributed by atoms with E-state index in [2.05, 4.69) is 27.2 Å². The summed E-state index contributed by atoms with van der Waals surface area (Å²) in [6, 6.07) is 6.27. The maximum atomic E-state index is 10.9. The van der Waals surface area contributed by atoms with Gasteiger partial charge in [-0.2, -0.15) is 0 Å². The summed E-state index contributed by atoms with van der Waals surface area (Å²) in [5.41, 5.74) is 9.57. The molecule has 0 amide bonds. The van der Waals surface area contributed by atoms with Crippen molar-refractivity contribution >= 4 is 45.6 Å². The van der Waals surface area contributed by atoms with Crippen molar-refractivity contribution in [3.63, 3.8) is 0 Å². The molecule has 22 heavy (non-hydrogen) atoms. The van der Waals surface area contributed by atoms with E-state index in [9.17, 15) is 8.42 Å². The van der Waals surface area contributed by atoms with E-state index in [0.717, 1.165) is 24.8 Å². The third-order valence-corrected chi connectivity index (χ3v) is 4.08. The zero-order chi connectivity index (χ0) is 15.3. The Kier molecular flexibility index (Phi) is 7.57. The molecule has 6 nitrogen and oxygen atoms in total. The van der Waals surface area contributed by atoms with Gasteiger partial charge in [0.2, 0.25) is 10.0 Å². The molecule has 1 aromatic carbocycles. The average molecular weight is 438 g/mol. The number of aryl methyl sites for hydroxylation is 2. The second-order valence-corrected chi connectivity index (χ2v) is 7.08. The zero-order valence-electron chi connectivity index (χ0n) is 12.6. The molecule has 0 saturated carbocycles. The van der Waals surface area contributed by atoms with Gasteiger partial charge in [-0.1, -0.05) is 6.07 Å². The summed E-state index contributed by atoms with van der Waals surface area (Å²) in [6.07, 6.45) is 5.25. The van der Waals surface area contributed by atoms with E-state index in [1.807, 2.05) is 6.07 Å². The first-order valence-corrected chi connectivity index (χ1v) is 8.96. The zero-order valence-corrected chi connectivity index (χ0v) is 15.8. The number of hydrogen-bond acceptors (Lipinski definition) is 3. The van der Waals surface area contributed by atoms with Gasteiger partial charge in [-0.3, -0.25) is 4.99 Å². The molecule has 124 valence electrons. The van der Waals surface area contributed by atoms with Crippen molar-refractivity contribution in [1.29, 1.82) is 0 Å². The topological polar surface area (TPSA) is 96.6 Å². The van der Waals surface area contributed by atoms with Gasteiger partial charge in [0, 0.05) is 18.8 Å². The van der Waals surface area contributed by atoms with Gasteiger partial charge in [-0.05, 0) is 48.9 Å². The molecule has 8 heteroatoms. The number of guanidine groups is 1. The normalized spacial score (nSPS) is 14.3. The lowest BCUT2D eigenvalue weighted by Gasteiger charge is -2.08. The summed E-state index contributed by atoms with van der Waals surface area (Å²) >= 11 is 0. The SMILES string of the molecule is CS(=O)(=O)NCCCN=C(N)Nc1ccc2c(c1)CCC2.I. The Morgan fingerprint density at radius 2 is 2.05 bits per heavy atom. The van der Waals surface area contributed by atoms with Gasteiger partial charge in [0.15, 0.2) is 5.96 Å². The van der Waals surface area contributed by atoms with Crippen LogP contribution in [-0.2, 0) is 22.9 Å². The number of nitrogens with zero attached hydrogens (tertiary/aromatic N) is 1. The van der Waals surface area contributed by atoms with Crippen molar-refractivity contribution in [2.45, 2.75) is 25.7 Å². The highest BCUT2D eigenvalue weighted by atomic mass is 127. The molecule has 0 bridgehead atoms. The van der Waals surface area contributed by atoms with Gasteiger partial charge in [0.05, 0.1) is 6.26 Å². The molecule has 1 aromatic rings. The van der Waals surface area contributed by atoms with Crippen molar-refractivity contribution in [3.8, 4) is 0 Å². The third kappa shape index (κ3) is 6.49. The van der Waals surface area contributed by atoms with Crippen LogP contribution in [0.25, 0.3) is 0 Å². The molecule has 0 aliphatic heterocycles. The quantitative estimate of drug-likeness (QED) is 0.271. The van der Waals surface area contributed by atoms with Crippen molar-refractivity contribution in [3.05, 3.63) is 29.3 Å². The predicted molar refractivity (Wildman–Crippen MR) is 101 cm³/mol. The van der Waals surface area contributed by atoms with Crippen LogP contribution in [0.1, 0.15) is 24.0 Å². The lowest BCUT2D eigenvalue weighted by molar-refractivity contribution is 0.586. The molecule has 0 atom stereocenters. The van der Waals surface area contributed by atoms with Gasteiger partial charge in [-0.15, -0.1) is 24.0 Å². The van der Waals surface area contributed by atoms with E-state index >= 15 is 0 Å². The van der Waals surface area contributed by atoms with Gasteiger partial charge < -0.3 is 11.1 Å². The first kappa shape index (κ1) is 19.2. The van der Waals surface area contributed by atoms with Crippen LogP contribution in [-0.4, -0.2) is 33.7 Å². The third-order valence-electron chi connectivity index (χ3n) is 3.35. The van der Waals surface area contributed by atoms with E-state index < -0.39 is 10.0 Å². The fourth-order valence-corrected chi connectivity index (χ4v) is 2.89. The maximum absolute atomic E-state index is 10.9. The van der Waals surface area contributed by atoms with Crippen LogP contribution >= 0.6 is 24.0 Å². The summed E-state index contributed by atoms with van der Waals surface area (Å²) in [7, 11) is -3.12. The van der Waals surface area contributed by atoms with Crippen molar-refractivity contribution in [1.82, 2.24) is 4.72 Å². The maximum Gasteiger partial charge on any atom is 0.208 e. The Hall–Kier alpha value is -0.870. The Labute approximate surface area is 149 Å². The molecule has 0 heterocycles. The van der Waals surface area contributed by atoms with Crippen LogP contribution in [0.3, 0.4) is 0 Å². The van der Waals surface area contributed by atoms with Crippen molar-refractivity contribution < 1.29 is 8.42 Å². The Morgan fingerprint density at radius 1 is 1.32 bits per heavy atom. The summed E-state index contributed by atoms with van der Waals surface area (Å²) in [5.74, 6) is 0.354. The molecule has 1 aliphatic rings. The fourth-order valence-electron chi connectivity index (χ4n) is 2.37. The molecule has 0 aromatic heterocycles. The lowest BCUT2D eigenvalue weighted by Crippen LogP contribution is -2.25. The van der Waals surface area contributed by atoms with Crippen LogP contribution < -0.4 is 15.8 Å². The summed E-state index contributed by atoms with van der Waals surface area (Å²) in [4.78, 5) is 4.18. The van der Waals surface area contributed by atoms with E-state index in [4.69, 9.17) is 5.73 Å². The predicted octanol–water partition coefficient (Wildman–Crippen LogP) is 1.46. The Balaban J connectivity index is 0.00000242. The molecule has 0 fully saturated rings. The van der Waals surface area contributed by atoms with Crippen LogP contribution in [0.4, 0.5) is 5.69 Å². The Bertz CT molecular complexity index is 632. The number of anilines is 1. The number of halogens is 1. The van der Waals surface area contributed by atoms with Crippen LogP contribution in [0.15, 0.2) is 23.2 Å². The van der Waals surface area contributed by atoms with E-state index in [-0.39, 0.29) is 24.0 Å². The summed E-state index contributed by atoms with van der Waals surface area (Å²) in [6.45, 7) is 0.848. The Morgan fingerprint density at radius 3 is 2.77 bits per heavy atom. The number of benzene rings is 1. The molecular formula is C14H23IN4O2S. The average Bonchev–Trinajstić information content (AvgIpc) is 2.84. The standard InChI is InChI=1S/C14H22N4O2S.HI/c1-21(19,20)17-9-3-8-16-14(15)18-13-7-6-11-4-2-5-12(11)10-13;/h6-7,10,17H,2-5,8-9H2,1H3,(H3,15,16,18);1H. The highest BCUT2D eigenvalue weighted by molar-refractivity contribution is 14.0. The highest BCUT2D eigenvalue weighted by Gasteiger charge is 2.10. The lowest BCUT2D eigenvalue weighted by atomic mass is 10.1. The number of sulfonamides is 1. The van der Waals surface area contributed by atoms with Gasteiger partial charge in [0.1, 0.15) is 0 Å². The minimum Gasteiger partial charge on any atom is -0.370 e.